The van der Waals surface area contributed by atoms with E-state index in [9.17, 15) is 18.0 Å². The number of hydrogen-bond donors (Lipinski definition) is 0. The van der Waals surface area contributed by atoms with Crippen molar-refractivity contribution < 1.29 is 17.9 Å². The Kier molecular flexibility index (Phi) is 4.16. The van der Waals surface area contributed by atoms with Crippen LogP contribution >= 0.6 is 0 Å². The maximum atomic E-state index is 12.5. The van der Waals surface area contributed by atoms with Crippen LogP contribution in [-0.2, 0) is 13.2 Å². The van der Waals surface area contributed by atoms with E-state index < -0.39 is 11.7 Å². The summed E-state index contributed by atoms with van der Waals surface area (Å²) in [6.45, 7) is 1.01. The quantitative estimate of drug-likeness (QED) is 0.853. The minimum absolute atomic E-state index is 0.128. The van der Waals surface area contributed by atoms with Gasteiger partial charge in [-0.15, -0.1) is 0 Å². The van der Waals surface area contributed by atoms with Gasteiger partial charge < -0.3 is 14.2 Å². The fourth-order valence-corrected chi connectivity index (χ4v) is 2.51. The second-order valence-electron chi connectivity index (χ2n) is 5.52. The lowest BCUT2D eigenvalue weighted by Crippen LogP contribution is -2.32. The lowest BCUT2D eigenvalue weighted by Gasteiger charge is -2.17. The zero-order valence-corrected chi connectivity index (χ0v) is 12.8. The van der Waals surface area contributed by atoms with Crippen molar-refractivity contribution in [1.29, 1.82) is 0 Å². The molecule has 2 aromatic heterocycles. The molecule has 0 amide bonds. The average Bonchev–Trinajstić information content (AvgIpc) is 2.98. The van der Waals surface area contributed by atoms with Crippen LogP contribution in [0.2, 0.25) is 0 Å². The number of halogens is 3. The number of hydrogen-bond acceptors (Lipinski definition) is 5. The first-order valence-electron chi connectivity index (χ1n) is 7.31. The van der Waals surface area contributed by atoms with Crippen molar-refractivity contribution in [2.45, 2.75) is 18.7 Å². The van der Waals surface area contributed by atoms with E-state index in [0.29, 0.717) is 25.3 Å². The third-order valence-electron chi connectivity index (χ3n) is 3.79. The summed E-state index contributed by atoms with van der Waals surface area (Å²) in [4.78, 5) is 21.6. The molecule has 9 heteroatoms. The number of aromatic nitrogens is 3. The molecule has 0 aromatic carbocycles. The van der Waals surface area contributed by atoms with Gasteiger partial charge in [-0.2, -0.15) is 13.2 Å². The maximum Gasteiger partial charge on any atom is 0.417 e. The molecule has 1 fully saturated rings. The highest BCUT2D eigenvalue weighted by atomic mass is 19.4. The highest BCUT2D eigenvalue weighted by Crippen LogP contribution is 2.29. The summed E-state index contributed by atoms with van der Waals surface area (Å²) in [7, 11) is 1.64. The molecule has 0 N–H and O–H groups in total. The second kappa shape index (κ2) is 6.14. The molecule has 0 bridgehead atoms. The van der Waals surface area contributed by atoms with E-state index in [0.717, 1.165) is 12.3 Å². The normalized spacial score (nSPS) is 18.0. The molecule has 1 aliphatic rings. The van der Waals surface area contributed by atoms with Crippen molar-refractivity contribution in [3.63, 3.8) is 0 Å². The predicted octanol–water partition coefficient (Wildman–Crippen LogP) is 1.85. The lowest BCUT2D eigenvalue weighted by molar-refractivity contribution is -0.137. The third kappa shape index (κ3) is 3.34. The summed E-state index contributed by atoms with van der Waals surface area (Å²) in [5.41, 5.74) is -1.02. The van der Waals surface area contributed by atoms with Gasteiger partial charge in [0.15, 0.2) is 5.82 Å². The van der Waals surface area contributed by atoms with Crippen molar-refractivity contribution in [3.05, 3.63) is 46.6 Å². The topological polar surface area (TPSA) is 60.3 Å². The zero-order valence-electron chi connectivity index (χ0n) is 12.8. The molecule has 1 saturated heterocycles. The van der Waals surface area contributed by atoms with Gasteiger partial charge >= 0.3 is 6.18 Å². The highest BCUT2D eigenvalue weighted by Gasteiger charge is 2.31. The Bertz CT molecular complexity index is 774. The predicted molar refractivity (Wildman–Crippen MR) is 80.0 cm³/mol. The average molecular weight is 340 g/mol. The summed E-state index contributed by atoms with van der Waals surface area (Å²) >= 11 is 0. The van der Waals surface area contributed by atoms with E-state index in [1.807, 2.05) is 0 Å². The minimum Gasteiger partial charge on any atom is -0.472 e. The van der Waals surface area contributed by atoms with Crippen LogP contribution in [-0.4, -0.2) is 33.7 Å². The SMILES string of the molecule is Cn1ccnc(N2CCC(Oc3ccc(C(F)(F)F)cn3)C2)c1=O. The summed E-state index contributed by atoms with van der Waals surface area (Å²) in [6, 6.07) is 2.13. The molecule has 1 unspecified atom stereocenters. The van der Waals surface area contributed by atoms with Gasteiger partial charge in [-0.25, -0.2) is 9.97 Å². The van der Waals surface area contributed by atoms with E-state index in [1.54, 1.807) is 24.3 Å². The van der Waals surface area contributed by atoms with Crippen LogP contribution in [0.25, 0.3) is 0 Å². The Labute approximate surface area is 135 Å². The molecule has 3 rings (SSSR count). The number of rotatable bonds is 3. The van der Waals surface area contributed by atoms with Crippen molar-refractivity contribution in [2.75, 3.05) is 18.0 Å². The number of anilines is 1. The van der Waals surface area contributed by atoms with E-state index in [1.165, 1.54) is 10.6 Å². The zero-order chi connectivity index (χ0) is 17.3. The van der Waals surface area contributed by atoms with Crippen LogP contribution in [0.5, 0.6) is 5.88 Å². The molecule has 3 heterocycles. The van der Waals surface area contributed by atoms with Gasteiger partial charge in [0.25, 0.3) is 5.56 Å². The number of aryl methyl sites for hydroxylation is 1. The van der Waals surface area contributed by atoms with Crippen LogP contribution in [0.15, 0.2) is 35.5 Å². The van der Waals surface area contributed by atoms with Crippen molar-refractivity contribution in [3.8, 4) is 5.88 Å². The van der Waals surface area contributed by atoms with E-state index >= 15 is 0 Å². The summed E-state index contributed by atoms with van der Waals surface area (Å²) in [5, 5.41) is 0. The number of ether oxygens (including phenoxy) is 1. The Balaban J connectivity index is 1.66. The van der Waals surface area contributed by atoms with Gasteiger partial charge in [-0.05, 0) is 6.07 Å². The molecule has 0 saturated carbocycles. The monoisotopic (exact) mass is 340 g/mol. The minimum atomic E-state index is -4.42. The second-order valence-corrected chi connectivity index (χ2v) is 5.52. The Morgan fingerprint density at radius 1 is 1.29 bits per heavy atom. The molecule has 2 aromatic rings. The summed E-state index contributed by atoms with van der Waals surface area (Å²) in [5.74, 6) is 0.468. The molecule has 1 atom stereocenters. The first-order valence-corrected chi connectivity index (χ1v) is 7.31. The fraction of sp³-hybridized carbons (Fsp3) is 0.400. The van der Waals surface area contributed by atoms with Gasteiger partial charge in [0, 0.05) is 44.7 Å². The number of nitrogens with zero attached hydrogens (tertiary/aromatic N) is 4. The van der Waals surface area contributed by atoms with Crippen LogP contribution in [0.1, 0.15) is 12.0 Å². The first-order chi connectivity index (χ1) is 11.3. The molecular formula is C15H15F3N4O2. The highest BCUT2D eigenvalue weighted by molar-refractivity contribution is 5.37. The standard InChI is InChI=1S/C15H15F3N4O2/c1-21-7-5-19-13(14(21)23)22-6-4-11(9-22)24-12-3-2-10(8-20-12)15(16,17)18/h2-3,5,7-8,11H,4,6,9H2,1H3. The number of alkyl halides is 3. The van der Waals surface area contributed by atoms with Gasteiger partial charge in [0.1, 0.15) is 6.10 Å². The van der Waals surface area contributed by atoms with E-state index in [2.05, 4.69) is 9.97 Å². The molecular weight excluding hydrogens is 325 g/mol. The molecule has 0 aliphatic carbocycles. The van der Waals surface area contributed by atoms with Gasteiger partial charge in [0.05, 0.1) is 12.1 Å². The van der Waals surface area contributed by atoms with Crippen LogP contribution < -0.4 is 15.2 Å². The Hall–Kier alpha value is -2.58. The first kappa shape index (κ1) is 16.3. The van der Waals surface area contributed by atoms with Gasteiger partial charge in [-0.3, -0.25) is 4.79 Å². The van der Waals surface area contributed by atoms with Crippen LogP contribution in [0.3, 0.4) is 0 Å². The molecule has 128 valence electrons. The largest absolute Gasteiger partial charge is 0.472 e. The summed E-state index contributed by atoms with van der Waals surface area (Å²) in [6.07, 6.45) is -0.196. The molecule has 0 spiro atoms. The van der Waals surface area contributed by atoms with Crippen molar-refractivity contribution in [1.82, 2.24) is 14.5 Å². The van der Waals surface area contributed by atoms with E-state index in [-0.39, 0.29) is 17.5 Å². The molecule has 24 heavy (non-hydrogen) atoms. The third-order valence-corrected chi connectivity index (χ3v) is 3.79. The van der Waals surface area contributed by atoms with E-state index in [4.69, 9.17) is 4.74 Å². The van der Waals surface area contributed by atoms with Crippen LogP contribution in [0.4, 0.5) is 19.0 Å². The maximum absolute atomic E-state index is 12.5. The Morgan fingerprint density at radius 3 is 2.75 bits per heavy atom. The lowest BCUT2D eigenvalue weighted by atomic mass is 10.3. The van der Waals surface area contributed by atoms with Crippen molar-refractivity contribution >= 4 is 5.82 Å². The Morgan fingerprint density at radius 2 is 2.08 bits per heavy atom. The summed E-state index contributed by atoms with van der Waals surface area (Å²) < 4.78 is 44.6. The smallest absolute Gasteiger partial charge is 0.417 e. The van der Waals surface area contributed by atoms with Crippen molar-refractivity contribution in [2.24, 2.45) is 7.05 Å². The van der Waals surface area contributed by atoms with Gasteiger partial charge in [0.2, 0.25) is 5.88 Å². The molecule has 0 radical (unpaired) electrons. The molecule has 6 nitrogen and oxygen atoms in total. The fourth-order valence-electron chi connectivity index (χ4n) is 2.51. The number of pyridine rings is 1. The molecule has 1 aliphatic heterocycles. The van der Waals surface area contributed by atoms with Crippen LogP contribution in [0, 0.1) is 0 Å². The van der Waals surface area contributed by atoms with Gasteiger partial charge in [-0.1, -0.05) is 0 Å².